The van der Waals surface area contributed by atoms with Gasteiger partial charge >= 0.3 is 12.1 Å². The number of benzene rings is 1. The largest absolute Gasteiger partial charge is 0.453 e. The number of methoxy groups -OCH3 is 1. The van der Waals surface area contributed by atoms with Gasteiger partial charge in [-0.05, 0) is 51.1 Å². The van der Waals surface area contributed by atoms with Gasteiger partial charge in [-0.1, -0.05) is 24.6 Å². The Morgan fingerprint density at radius 3 is 2.84 bits per heavy atom. The highest BCUT2D eigenvalue weighted by Gasteiger charge is 2.33. The van der Waals surface area contributed by atoms with Gasteiger partial charge in [-0.2, -0.15) is 0 Å². The Morgan fingerprint density at radius 2 is 2.05 bits per heavy atom. The minimum Gasteiger partial charge on any atom is -0.453 e. The molecular weight excluding hydrogens is 479 g/mol. The standard InChI is InChI=1S/C27H43FN4O5/c1-29-17-22(16-20-8-5-6-14-36-19-20)31-26(33)32-13-7-9-21(18-32)25(23-10-3-4-11-24(23)28)37-15-12-30-27(34)35-2/h3-4,10-11,20-22,25,29H,5-9,12-19H2,1-2H3,(H,30,34)(H,31,33)/t20-,21-,22?,25-/m1/s1. The molecule has 1 aromatic carbocycles. The van der Waals surface area contributed by atoms with Gasteiger partial charge in [0.15, 0.2) is 0 Å². The summed E-state index contributed by atoms with van der Waals surface area (Å²) in [5, 5.41) is 9.02. The highest BCUT2D eigenvalue weighted by atomic mass is 19.1. The first kappa shape index (κ1) is 29.1. The van der Waals surface area contributed by atoms with E-state index < -0.39 is 12.2 Å². The molecule has 2 saturated heterocycles. The maximum absolute atomic E-state index is 14.8. The molecule has 1 aromatic rings. The first-order valence-corrected chi connectivity index (χ1v) is 13.5. The summed E-state index contributed by atoms with van der Waals surface area (Å²) < 4.78 is 31.2. The van der Waals surface area contributed by atoms with E-state index in [1.807, 2.05) is 11.9 Å². The summed E-state index contributed by atoms with van der Waals surface area (Å²) in [6.45, 7) is 3.81. The Balaban J connectivity index is 1.62. The van der Waals surface area contributed by atoms with Crippen LogP contribution in [0.1, 0.15) is 50.2 Å². The van der Waals surface area contributed by atoms with Crippen LogP contribution in [0.5, 0.6) is 0 Å². The fraction of sp³-hybridized carbons (Fsp3) is 0.704. The molecule has 208 valence electrons. The Kier molecular flexibility index (Phi) is 12.4. The molecule has 2 fully saturated rings. The summed E-state index contributed by atoms with van der Waals surface area (Å²) in [4.78, 5) is 26.5. The van der Waals surface area contributed by atoms with Crippen LogP contribution in [0.25, 0.3) is 0 Å². The van der Waals surface area contributed by atoms with Crippen LogP contribution >= 0.6 is 0 Å². The second-order valence-electron chi connectivity index (χ2n) is 9.96. The average Bonchev–Trinajstić information content (AvgIpc) is 3.18. The second kappa shape index (κ2) is 15.7. The zero-order valence-electron chi connectivity index (χ0n) is 22.2. The molecule has 2 heterocycles. The van der Waals surface area contributed by atoms with Gasteiger partial charge in [0.25, 0.3) is 0 Å². The maximum Gasteiger partial charge on any atom is 0.406 e. The number of likely N-dealkylation sites (N-methyl/N-ethyl adjacent to an activating group) is 1. The van der Waals surface area contributed by atoms with Crippen molar-refractivity contribution in [3.8, 4) is 0 Å². The molecule has 3 N–H and O–H groups in total. The number of alkyl carbamates (subject to hydrolysis) is 1. The smallest absolute Gasteiger partial charge is 0.406 e. The topological polar surface area (TPSA) is 101 Å². The maximum atomic E-state index is 14.8. The number of ether oxygens (including phenoxy) is 3. The van der Waals surface area contributed by atoms with E-state index in [2.05, 4.69) is 20.7 Å². The predicted molar refractivity (Wildman–Crippen MR) is 139 cm³/mol. The molecule has 10 heteroatoms. The minimum atomic E-state index is -0.543. The number of halogens is 1. The number of carbonyl (C=O) groups is 2. The van der Waals surface area contributed by atoms with Crippen molar-refractivity contribution in [3.05, 3.63) is 35.6 Å². The van der Waals surface area contributed by atoms with Crippen LogP contribution in [0, 0.1) is 17.7 Å². The lowest BCUT2D eigenvalue weighted by atomic mass is 9.88. The molecule has 0 aromatic heterocycles. The number of hydrogen-bond acceptors (Lipinski definition) is 6. The number of nitrogens with one attached hydrogen (secondary N) is 3. The SMILES string of the molecule is CNCC(C[C@H]1CCCCOC1)NC(=O)N1CCC[C@@H]([C@@H](OCCNC(=O)OC)c2ccccc2F)C1. The van der Waals surface area contributed by atoms with Crippen molar-refractivity contribution in [1.29, 1.82) is 0 Å². The highest BCUT2D eigenvalue weighted by Crippen LogP contribution is 2.34. The number of urea groups is 1. The fourth-order valence-corrected chi connectivity index (χ4v) is 5.30. The van der Waals surface area contributed by atoms with Crippen molar-refractivity contribution in [2.45, 2.75) is 50.7 Å². The molecule has 2 aliphatic heterocycles. The molecule has 0 saturated carbocycles. The predicted octanol–water partition coefficient (Wildman–Crippen LogP) is 3.46. The van der Waals surface area contributed by atoms with Crippen LogP contribution in [-0.4, -0.2) is 83.2 Å². The quantitative estimate of drug-likeness (QED) is 0.385. The van der Waals surface area contributed by atoms with Gasteiger partial charge < -0.3 is 35.1 Å². The van der Waals surface area contributed by atoms with E-state index in [9.17, 15) is 14.0 Å². The first-order chi connectivity index (χ1) is 18.0. The molecule has 9 nitrogen and oxygen atoms in total. The van der Waals surface area contributed by atoms with Crippen molar-refractivity contribution >= 4 is 12.1 Å². The first-order valence-electron chi connectivity index (χ1n) is 13.5. The van der Waals surface area contributed by atoms with Crippen LogP contribution < -0.4 is 16.0 Å². The van der Waals surface area contributed by atoms with Gasteiger partial charge in [0.05, 0.1) is 19.8 Å². The zero-order valence-corrected chi connectivity index (χ0v) is 22.2. The summed E-state index contributed by atoms with van der Waals surface area (Å²) in [6.07, 6.45) is 4.79. The molecule has 0 spiro atoms. The average molecular weight is 523 g/mol. The number of likely N-dealkylation sites (tertiary alicyclic amines) is 1. The van der Waals surface area contributed by atoms with Gasteiger partial charge in [0.1, 0.15) is 5.82 Å². The van der Waals surface area contributed by atoms with E-state index in [0.717, 1.165) is 51.7 Å². The van der Waals surface area contributed by atoms with Crippen LogP contribution in [0.2, 0.25) is 0 Å². The lowest BCUT2D eigenvalue weighted by molar-refractivity contribution is -0.0106. The van der Waals surface area contributed by atoms with Gasteiger partial charge in [-0.25, -0.2) is 14.0 Å². The van der Waals surface area contributed by atoms with E-state index in [1.54, 1.807) is 18.2 Å². The molecular formula is C27H43FN4O5. The van der Waals surface area contributed by atoms with Crippen LogP contribution in [0.15, 0.2) is 24.3 Å². The van der Waals surface area contributed by atoms with Crippen LogP contribution in [-0.2, 0) is 14.2 Å². The third-order valence-corrected chi connectivity index (χ3v) is 7.14. The second-order valence-corrected chi connectivity index (χ2v) is 9.96. The van der Waals surface area contributed by atoms with E-state index in [1.165, 1.54) is 13.2 Å². The molecule has 0 bridgehead atoms. The van der Waals surface area contributed by atoms with Crippen molar-refractivity contribution in [3.63, 3.8) is 0 Å². The summed E-state index contributed by atoms with van der Waals surface area (Å²) in [6, 6.07) is 6.49. The van der Waals surface area contributed by atoms with Gasteiger partial charge in [0, 0.05) is 56.9 Å². The highest BCUT2D eigenvalue weighted by molar-refractivity contribution is 5.74. The Hall–Kier alpha value is -2.43. The van der Waals surface area contributed by atoms with E-state index in [-0.39, 0.29) is 37.0 Å². The Morgan fingerprint density at radius 1 is 1.22 bits per heavy atom. The summed E-state index contributed by atoms with van der Waals surface area (Å²) in [5.74, 6) is 0.0231. The third-order valence-electron chi connectivity index (χ3n) is 7.14. The molecule has 4 atom stereocenters. The summed E-state index contributed by atoms with van der Waals surface area (Å²) in [7, 11) is 3.19. The van der Waals surface area contributed by atoms with Crippen molar-refractivity contribution in [2.75, 3.05) is 60.2 Å². The summed E-state index contributed by atoms with van der Waals surface area (Å²) >= 11 is 0. The van der Waals surface area contributed by atoms with Gasteiger partial charge in [0.2, 0.25) is 0 Å². The van der Waals surface area contributed by atoms with Gasteiger partial charge in [-0.15, -0.1) is 0 Å². The van der Waals surface area contributed by atoms with E-state index >= 15 is 0 Å². The Labute approximate surface area is 219 Å². The number of rotatable bonds is 11. The molecule has 37 heavy (non-hydrogen) atoms. The Bertz CT molecular complexity index is 837. The van der Waals surface area contributed by atoms with Crippen LogP contribution in [0.4, 0.5) is 14.0 Å². The van der Waals surface area contributed by atoms with Crippen molar-refractivity contribution in [2.24, 2.45) is 11.8 Å². The minimum absolute atomic E-state index is 0.00703. The molecule has 0 radical (unpaired) electrons. The summed E-state index contributed by atoms with van der Waals surface area (Å²) in [5.41, 5.74) is 0.467. The molecule has 2 aliphatic rings. The lowest BCUT2D eigenvalue weighted by Crippen LogP contribution is -2.52. The number of carbonyl (C=O) groups excluding carboxylic acids is 2. The molecule has 0 aliphatic carbocycles. The molecule has 3 amide bonds. The van der Waals surface area contributed by atoms with Gasteiger partial charge in [-0.3, -0.25) is 0 Å². The van der Waals surface area contributed by atoms with Crippen molar-refractivity contribution < 1.29 is 28.2 Å². The number of nitrogens with zero attached hydrogens (tertiary/aromatic N) is 1. The van der Waals surface area contributed by atoms with E-state index in [0.29, 0.717) is 31.1 Å². The molecule has 3 rings (SSSR count). The third kappa shape index (κ3) is 9.43. The number of piperidine rings is 1. The fourth-order valence-electron chi connectivity index (χ4n) is 5.30. The van der Waals surface area contributed by atoms with E-state index in [4.69, 9.17) is 9.47 Å². The van der Waals surface area contributed by atoms with Crippen molar-refractivity contribution in [1.82, 2.24) is 20.9 Å². The number of amides is 3. The molecule has 1 unspecified atom stereocenters. The normalized spacial score (nSPS) is 22.0. The monoisotopic (exact) mass is 522 g/mol. The lowest BCUT2D eigenvalue weighted by Gasteiger charge is -2.38. The van der Waals surface area contributed by atoms with Crippen LogP contribution in [0.3, 0.4) is 0 Å². The zero-order chi connectivity index (χ0) is 26.5. The number of hydrogen-bond donors (Lipinski definition) is 3.